The van der Waals surface area contributed by atoms with Crippen LogP contribution in [-0.2, 0) is 0 Å². The molecule has 0 nitrogen and oxygen atoms in total. The molecule has 0 saturated heterocycles. The van der Waals surface area contributed by atoms with E-state index in [-0.39, 0.29) is 0 Å². The summed E-state index contributed by atoms with van der Waals surface area (Å²) in [6, 6.07) is 0. The van der Waals surface area contributed by atoms with Crippen LogP contribution in [0.5, 0.6) is 0 Å². The van der Waals surface area contributed by atoms with E-state index in [4.69, 9.17) is 11.6 Å². The van der Waals surface area contributed by atoms with Gasteiger partial charge in [-0.25, -0.2) is 0 Å². The van der Waals surface area contributed by atoms with Crippen molar-refractivity contribution < 1.29 is 0 Å². The van der Waals surface area contributed by atoms with Crippen LogP contribution in [0.3, 0.4) is 0 Å². The van der Waals surface area contributed by atoms with E-state index < -0.39 is 0 Å². The van der Waals surface area contributed by atoms with Gasteiger partial charge in [0.25, 0.3) is 0 Å². The summed E-state index contributed by atoms with van der Waals surface area (Å²) in [5, 5.41) is 0. The molecule has 0 aromatic carbocycles. The third-order valence-electron chi connectivity index (χ3n) is 3.75. The van der Waals surface area contributed by atoms with Gasteiger partial charge in [-0.05, 0) is 23.7 Å². The Kier molecular flexibility index (Phi) is 4.76. The van der Waals surface area contributed by atoms with Crippen LogP contribution in [0.25, 0.3) is 0 Å². The highest BCUT2D eigenvalue weighted by molar-refractivity contribution is 6.18. The van der Waals surface area contributed by atoms with Crippen LogP contribution in [0.2, 0.25) is 0 Å². The van der Waals surface area contributed by atoms with E-state index in [2.05, 4.69) is 20.8 Å². The minimum atomic E-state index is 0.388. The zero-order valence-electron chi connectivity index (χ0n) is 9.98. The van der Waals surface area contributed by atoms with E-state index in [1.165, 1.54) is 38.5 Å². The lowest BCUT2D eigenvalue weighted by molar-refractivity contribution is 0.194. The second-order valence-corrected chi connectivity index (χ2v) is 6.27. The fraction of sp³-hybridized carbons (Fsp3) is 1.00. The zero-order chi connectivity index (χ0) is 10.6. The highest BCUT2D eigenvalue weighted by atomic mass is 35.5. The number of alkyl halides is 1. The molecule has 84 valence electrons. The first-order valence-corrected chi connectivity index (χ1v) is 6.63. The first kappa shape index (κ1) is 12.4. The number of rotatable bonds is 3. The van der Waals surface area contributed by atoms with Crippen LogP contribution >= 0.6 is 11.6 Å². The predicted octanol–water partition coefficient (Wildman–Crippen LogP) is 4.86. The molecule has 0 aromatic heterocycles. The topological polar surface area (TPSA) is 0 Å². The van der Waals surface area contributed by atoms with Crippen LogP contribution in [0.15, 0.2) is 0 Å². The number of hydrogen-bond acceptors (Lipinski definition) is 0. The van der Waals surface area contributed by atoms with Crippen LogP contribution in [0.4, 0.5) is 0 Å². The van der Waals surface area contributed by atoms with Gasteiger partial charge < -0.3 is 0 Å². The highest BCUT2D eigenvalue weighted by Gasteiger charge is 2.27. The molecule has 1 rings (SSSR count). The average Bonchev–Trinajstić information content (AvgIpc) is 2.14. The lowest BCUT2D eigenvalue weighted by Gasteiger charge is -2.33. The standard InChI is InChI=1S/C13H25Cl/c1-13(2,3)12(10-14)9-11-7-5-4-6-8-11/h11-12H,4-10H2,1-3H3. The summed E-state index contributed by atoms with van der Waals surface area (Å²) in [6.45, 7) is 6.97. The van der Waals surface area contributed by atoms with Gasteiger partial charge in [-0.15, -0.1) is 11.6 Å². The second kappa shape index (κ2) is 5.39. The summed E-state index contributed by atoms with van der Waals surface area (Å²) in [5.41, 5.74) is 0.388. The first-order chi connectivity index (χ1) is 6.54. The molecule has 0 N–H and O–H groups in total. The average molecular weight is 217 g/mol. The molecule has 1 aliphatic rings. The molecule has 0 aromatic rings. The molecular weight excluding hydrogens is 192 g/mol. The Morgan fingerprint density at radius 2 is 1.71 bits per heavy atom. The molecule has 0 amide bonds. The Hall–Kier alpha value is 0.290. The van der Waals surface area contributed by atoms with E-state index in [0.29, 0.717) is 11.3 Å². The smallest absolute Gasteiger partial charge is 0.0256 e. The van der Waals surface area contributed by atoms with Gasteiger partial charge in [-0.2, -0.15) is 0 Å². The molecule has 1 heteroatoms. The third-order valence-corrected chi connectivity index (χ3v) is 4.13. The predicted molar refractivity (Wildman–Crippen MR) is 64.9 cm³/mol. The van der Waals surface area contributed by atoms with Crippen molar-refractivity contribution in [3.8, 4) is 0 Å². The fourth-order valence-electron chi connectivity index (χ4n) is 2.47. The van der Waals surface area contributed by atoms with Crippen molar-refractivity contribution in [3.05, 3.63) is 0 Å². The van der Waals surface area contributed by atoms with Crippen molar-refractivity contribution in [2.45, 2.75) is 59.3 Å². The Balaban J connectivity index is 2.39. The Labute approximate surface area is 94.4 Å². The minimum Gasteiger partial charge on any atom is -0.126 e. The maximum absolute atomic E-state index is 6.07. The maximum atomic E-state index is 6.07. The molecule has 1 saturated carbocycles. The molecule has 0 aliphatic heterocycles. The third kappa shape index (κ3) is 3.81. The minimum absolute atomic E-state index is 0.388. The molecule has 0 heterocycles. The van der Waals surface area contributed by atoms with Gasteiger partial charge >= 0.3 is 0 Å². The summed E-state index contributed by atoms with van der Waals surface area (Å²) >= 11 is 6.07. The molecule has 0 spiro atoms. The van der Waals surface area contributed by atoms with Crippen molar-refractivity contribution in [2.24, 2.45) is 17.3 Å². The molecular formula is C13H25Cl. The molecule has 1 fully saturated rings. The molecule has 1 unspecified atom stereocenters. The van der Waals surface area contributed by atoms with Gasteiger partial charge in [0, 0.05) is 5.88 Å². The SMILES string of the molecule is CC(C)(C)C(CCl)CC1CCCCC1. The summed E-state index contributed by atoms with van der Waals surface area (Å²) in [6.07, 6.45) is 8.60. The number of halogens is 1. The first-order valence-electron chi connectivity index (χ1n) is 6.10. The van der Waals surface area contributed by atoms with Crippen molar-refractivity contribution in [2.75, 3.05) is 5.88 Å². The largest absolute Gasteiger partial charge is 0.126 e. The highest BCUT2D eigenvalue weighted by Crippen LogP contribution is 2.36. The number of hydrogen-bond donors (Lipinski definition) is 0. The Bertz CT molecular complexity index is 151. The van der Waals surface area contributed by atoms with Crippen molar-refractivity contribution in [1.82, 2.24) is 0 Å². The van der Waals surface area contributed by atoms with E-state index in [0.717, 1.165) is 11.8 Å². The second-order valence-electron chi connectivity index (χ2n) is 5.96. The van der Waals surface area contributed by atoms with Crippen molar-refractivity contribution >= 4 is 11.6 Å². The molecule has 0 radical (unpaired) electrons. The lowest BCUT2D eigenvalue weighted by Crippen LogP contribution is -2.25. The summed E-state index contributed by atoms with van der Waals surface area (Å²) in [4.78, 5) is 0. The van der Waals surface area contributed by atoms with Gasteiger partial charge in [0.15, 0.2) is 0 Å². The zero-order valence-corrected chi connectivity index (χ0v) is 10.7. The van der Waals surface area contributed by atoms with Gasteiger partial charge in [0.1, 0.15) is 0 Å². The molecule has 1 aliphatic carbocycles. The van der Waals surface area contributed by atoms with Crippen LogP contribution in [0, 0.1) is 17.3 Å². The van der Waals surface area contributed by atoms with E-state index in [1.807, 2.05) is 0 Å². The van der Waals surface area contributed by atoms with Crippen LogP contribution < -0.4 is 0 Å². The summed E-state index contributed by atoms with van der Waals surface area (Å²) < 4.78 is 0. The summed E-state index contributed by atoms with van der Waals surface area (Å²) in [5.74, 6) is 2.50. The molecule has 0 bridgehead atoms. The van der Waals surface area contributed by atoms with Gasteiger partial charge in [0.2, 0.25) is 0 Å². The lowest BCUT2D eigenvalue weighted by atomic mass is 9.74. The van der Waals surface area contributed by atoms with Gasteiger partial charge in [-0.1, -0.05) is 52.9 Å². The fourth-order valence-corrected chi connectivity index (χ4v) is 3.06. The van der Waals surface area contributed by atoms with E-state index in [1.54, 1.807) is 0 Å². The molecule has 14 heavy (non-hydrogen) atoms. The normalized spacial score (nSPS) is 22.3. The summed E-state index contributed by atoms with van der Waals surface area (Å²) in [7, 11) is 0. The van der Waals surface area contributed by atoms with Gasteiger partial charge in [-0.3, -0.25) is 0 Å². The molecule has 1 atom stereocenters. The van der Waals surface area contributed by atoms with Crippen molar-refractivity contribution in [3.63, 3.8) is 0 Å². The van der Waals surface area contributed by atoms with E-state index >= 15 is 0 Å². The Morgan fingerprint density at radius 1 is 1.14 bits per heavy atom. The quantitative estimate of drug-likeness (QED) is 0.592. The monoisotopic (exact) mass is 216 g/mol. The Morgan fingerprint density at radius 3 is 2.14 bits per heavy atom. The van der Waals surface area contributed by atoms with Crippen LogP contribution in [-0.4, -0.2) is 5.88 Å². The van der Waals surface area contributed by atoms with Crippen molar-refractivity contribution in [1.29, 1.82) is 0 Å². The van der Waals surface area contributed by atoms with E-state index in [9.17, 15) is 0 Å². The van der Waals surface area contributed by atoms with Gasteiger partial charge in [0.05, 0.1) is 0 Å². The van der Waals surface area contributed by atoms with Crippen LogP contribution in [0.1, 0.15) is 59.3 Å². The maximum Gasteiger partial charge on any atom is 0.0256 e.